The molecule has 0 saturated heterocycles. The van der Waals surface area contributed by atoms with Crippen molar-refractivity contribution in [3.05, 3.63) is 0 Å². The van der Waals surface area contributed by atoms with Crippen LogP contribution in [-0.4, -0.2) is 24.2 Å². The van der Waals surface area contributed by atoms with Crippen LogP contribution in [0, 0.1) is 17.3 Å². The van der Waals surface area contributed by atoms with E-state index in [0.717, 1.165) is 0 Å². The van der Waals surface area contributed by atoms with Gasteiger partial charge in [-0.2, -0.15) is 0 Å². The van der Waals surface area contributed by atoms with E-state index >= 15 is 0 Å². The summed E-state index contributed by atoms with van der Waals surface area (Å²) in [5.74, 6) is 4.74. The highest BCUT2D eigenvalue weighted by atomic mass is 16.4. The van der Waals surface area contributed by atoms with Gasteiger partial charge in [0, 0.05) is 6.54 Å². The molecule has 0 unspecified atom stereocenters. The molecule has 0 rings (SSSR count). The monoisotopic (exact) mass is 169 g/mol. The molecule has 0 heterocycles. The lowest BCUT2D eigenvalue weighted by Gasteiger charge is -2.18. The summed E-state index contributed by atoms with van der Waals surface area (Å²) in [6, 6.07) is 0. The molecule has 0 amide bonds. The first kappa shape index (κ1) is 11.0. The van der Waals surface area contributed by atoms with Gasteiger partial charge in [0.25, 0.3) is 0 Å². The normalized spacial score (nSPS) is 10.2. The second-order valence-corrected chi connectivity index (χ2v) is 3.22. The van der Waals surface area contributed by atoms with E-state index < -0.39 is 11.4 Å². The Bertz CT molecular complexity index is 210. The van der Waals surface area contributed by atoms with Crippen LogP contribution in [0.4, 0.5) is 0 Å². The average molecular weight is 169 g/mol. The van der Waals surface area contributed by atoms with Crippen molar-refractivity contribution in [2.45, 2.75) is 20.8 Å². The van der Waals surface area contributed by atoms with Crippen LogP contribution >= 0.6 is 0 Å². The van der Waals surface area contributed by atoms with Gasteiger partial charge in [-0.1, -0.05) is 5.92 Å². The number of rotatable bonds is 4. The molecule has 0 atom stereocenters. The molecule has 0 saturated carbocycles. The lowest BCUT2D eigenvalue weighted by atomic mass is 9.94. The van der Waals surface area contributed by atoms with E-state index in [2.05, 4.69) is 17.2 Å². The van der Waals surface area contributed by atoms with Crippen molar-refractivity contribution < 1.29 is 9.90 Å². The van der Waals surface area contributed by atoms with Gasteiger partial charge in [-0.15, -0.1) is 5.92 Å². The van der Waals surface area contributed by atoms with E-state index in [1.54, 1.807) is 20.8 Å². The van der Waals surface area contributed by atoms with E-state index in [9.17, 15) is 4.79 Å². The summed E-state index contributed by atoms with van der Waals surface area (Å²) in [6.07, 6.45) is 0. The van der Waals surface area contributed by atoms with Crippen LogP contribution in [0.2, 0.25) is 0 Å². The number of carboxylic acids is 1. The molecule has 68 valence electrons. The summed E-state index contributed by atoms with van der Waals surface area (Å²) >= 11 is 0. The van der Waals surface area contributed by atoms with Crippen molar-refractivity contribution in [2.75, 3.05) is 13.1 Å². The van der Waals surface area contributed by atoms with Gasteiger partial charge in [0.05, 0.1) is 12.0 Å². The zero-order valence-corrected chi connectivity index (χ0v) is 7.77. The maximum Gasteiger partial charge on any atom is 0.310 e. The van der Waals surface area contributed by atoms with E-state index in [1.165, 1.54) is 0 Å². The summed E-state index contributed by atoms with van der Waals surface area (Å²) in [7, 11) is 0. The van der Waals surface area contributed by atoms with Crippen LogP contribution in [0.1, 0.15) is 20.8 Å². The molecule has 0 aliphatic rings. The van der Waals surface area contributed by atoms with Crippen LogP contribution in [-0.2, 0) is 4.79 Å². The highest BCUT2D eigenvalue weighted by Crippen LogP contribution is 2.12. The van der Waals surface area contributed by atoms with Gasteiger partial charge in [0.1, 0.15) is 0 Å². The molecule has 0 bridgehead atoms. The minimum absolute atomic E-state index is 0.441. The second-order valence-electron chi connectivity index (χ2n) is 3.22. The maximum absolute atomic E-state index is 10.6. The average Bonchev–Trinajstić information content (AvgIpc) is 1.98. The fourth-order valence-electron chi connectivity index (χ4n) is 0.602. The van der Waals surface area contributed by atoms with Crippen molar-refractivity contribution >= 4 is 5.97 Å². The highest BCUT2D eigenvalue weighted by molar-refractivity contribution is 5.73. The summed E-state index contributed by atoms with van der Waals surface area (Å²) < 4.78 is 0. The third-order valence-corrected chi connectivity index (χ3v) is 1.54. The molecule has 0 radical (unpaired) electrons. The van der Waals surface area contributed by atoms with Crippen LogP contribution in [0.15, 0.2) is 0 Å². The predicted octanol–water partition coefficient (Wildman–Crippen LogP) is 0.710. The van der Waals surface area contributed by atoms with Crippen molar-refractivity contribution in [1.82, 2.24) is 5.32 Å². The minimum atomic E-state index is -0.792. The number of hydrogen-bond donors (Lipinski definition) is 2. The molecule has 2 N–H and O–H groups in total. The molecule has 0 aliphatic heterocycles. The van der Waals surface area contributed by atoms with E-state index in [0.29, 0.717) is 13.1 Å². The Hall–Kier alpha value is -1.01. The third kappa shape index (κ3) is 3.99. The largest absolute Gasteiger partial charge is 0.481 e. The molecule has 0 aromatic carbocycles. The zero-order chi connectivity index (χ0) is 9.61. The van der Waals surface area contributed by atoms with Gasteiger partial charge in [0.15, 0.2) is 0 Å². The first-order valence-electron chi connectivity index (χ1n) is 3.84. The quantitative estimate of drug-likeness (QED) is 0.481. The highest BCUT2D eigenvalue weighted by Gasteiger charge is 2.25. The van der Waals surface area contributed by atoms with Crippen LogP contribution < -0.4 is 5.32 Å². The molecule has 0 aromatic heterocycles. The first-order valence-corrected chi connectivity index (χ1v) is 3.84. The Morgan fingerprint density at radius 3 is 2.58 bits per heavy atom. The molecule has 0 aliphatic carbocycles. The molecule has 12 heavy (non-hydrogen) atoms. The van der Waals surface area contributed by atoms with Crippen LogP contribution in [0.5, 0.6) is 0 Å². The Labute approximate surface area is 73.2 Å². The smallest absolute Gasteiger partial charge is 0.310 e. The van der Waals surface area contributed by atoms with Crippen molar-refractivity contribution in [3.63, 3.8) is 0 Å². The molecule has 0 spiro atoms. The lowest BCUT2D eigenvalue weighted by molar-refractivity contribution is -0.146. The molecular formula is C9H15NO2. The Balaban J connectivity index is 3.74. The number of carbonyl (C=O) groups is 1. The van der Waals surface area contributed by atoms with Gasteiger partial charge >= 0.3 is 5.97 Å². The van der Waals surface area contributed by atoms with E-state index in [4.69, 9.17) is 5.11 Å². The summed E-state index contributed by atoms with van der Waals surface area (Å²) in [5.41, 5.74) is -0.713. The van der Waals surface area contributed by atoms with E-state index in [1.807, 2.05) is 0 Å². The Morgan fingerprint density at radius 1 is 1.58 bits per heavy atom. The second kappa shape index (κ2) is 4.78. The lowest BCUT2D eigenvalue weighted by Crippen LogP contribution is -2.36. The number of nitrogens with one attached hydrogen (secondary N) is 1. The maximum atomic E-state index is 10.6. The number of hydrogen-bond acceptors (Lipinski definition) is 2. The predicted molar refractivity (Wildman–Crippen MR) is 47.7 cm³/mol. The first-order chi connectivity index (χ1) is 5.50. The fourth-order valence-corrected chi connectivity index (χ4v) is 0.602. The molecule has 0 fully saturated rings. The Morgan fingerprint density at radius 2 is 2.17 bits per heavy atom. The van der Waals surface area contributed by atoms with E-state index in [-0.39, 0.29) is 0 Å². The standard InChI is InChI=1S/C9H15NO2/c1-4-5-6-10-7-9(2,3)8(11)12/h10H,6-7H2,1-3H3,(H,11,12). The molecular weight excluding hydrogens is 154 g/mol. The topological polar surface area (TPSA) is 49.3 Å². The molecule has 0 aromatic rings. The SMILES string of the molecule is CC#CCNCC(C)(C)C(=O)O. The van der Waals surface area contributed by atoms with Crippen molar-refractivity contribution in [2.24, 2.45) is 5.41 Å². The molecule has 3 heteroatoms. The van der Waals surface area contributed by atoms with Gasteiger partial charge in [-0.25, -0.2) is 0 Å². The minimum Gasteiger partial charge on any atom is -0.481 e. The van der Waals surface area contributed by atoms with Crippen LogP contribution in [0.3, 0.4) is 0 Å². The zero-order valence-electron chi connectivity index (χ0n) is 7.77. The summed E-state index contributed by atoms with van der Waals surface area (Å²) in [4.78, 5) is 10.6. The number of carboxylic acid groups (broad SMARTS) is 1. The summed E-state index contributed by atoms with van der Waals surface area (Å²) in [6.45, 7) is 6.11. The summed E-state index contributed by atoms with van der Waals surface area (Å²) in [5, 5.41) is 11.7. The van der Waals surface area contributed by atoms with Gasteiger partial charge in [-0.05, 0) is 20.8 Å². The van der Waals surface area contributed by atoms with Crippen molar-refractivity contribution in [1.29, 1.82) is 0 Å². The third-order valence-electron chi connectivity index (χ3n) is 1.54. The van der Waals surface area contributed by atoms with Crippen molar-refractivity contribution in [3.8, 4) is 11.8 Å². The van der Waals surface area contributed by atoms with Gasteiger partial charge < -0.3 is 10.4 Å². The Kier molecular flexibility index (Phi) is 4.38. The van der Waals surface area contributed by atoms with Gasteiger partial charge in [-0.3, -0.25) is 4.79 Å². The van der Waals surface area contributed by atoms with Gasteiger partial charge in [0.2, 0.25) is 0 Å². The van der Waals surface area contributed by atoms with Crippen LogP contribution in [0.25, 0.3) is 0 Å². The fraction of sp³-hybridized carbons (Fsp3) is 0.667. The number of aliphatic carboxylic acids is 1. The molecule has 3 nitrogen and oxygen atoms in total.